The van der Waals surface area contributed by atoms with E-state index < -0.39 is 35.0 Å². The van der Waals surface area contributed by atoms with Crippen LogP contribution in [0.4, 0.5) is 11.4 Å². The Morgan fingerprint density at radius 2 is 1.59 bits per heavy atom. The van der Waals surface area contributed by atoms with Crippen LogP contribution in [0.1, 0.15) is 48.5 Å². The number of hydrogen-bond donors (Lipinski definition) is 1. The van der Waals surface area contributed by atoms with E-state index in [0.29, 0.717) is 33.4 Å². The third kappa shape index (κ3) is 4.15. The molecule has 4 aliphatic rings. The van der Waals surface area contributed by atoms with E-state index in [9.17, 15) is 29.1 Å². The highest BCUT2D eigenvalue weighted by molar-refractivity contribution is 9.10. The van der Waals surface area contributed by atoms with Gasteiger partial charge in [0, 0.05) is 11.5 Å². The largest absolute Gasteiger partial charge is 0.503 e. The number of phenols is 1. The maximum atomic E-state index is 14.5. The van der Waals surface area contributed by atoms with Crippen LogP contribution in [0, 0.1) is 29.1 Å². The van der Waals surface area contributed by atoms with Crippen LogP contribution in [0.15, 0.2) is 82.9 Å². The van der Waals surface area contributed by atoms with E-state index in [2.05, 4.69) is 15.9 Å². The molecule has 6 atom stereocenters. The molecule has 46 heavy (non-hydrogen) atoms. The Morgan fingerprint density at radius 1 is 0.913 bits per heavy atom. The van der Waals surface area contributed by atoms with Crippen LogP contribution in [0.2, 0.25) is 0 Å². The lowest BCUT2D eigenvalue weighted by Crippen LogP contribution is -2.48. The number of hydrogen-bond acceptors (Lipinski definition) is 7. The first kappa shape index (κ1) is 30.1. The number of ketones is 1. The summed E-state index contributed by atoms with van der Waals surface area (Å²) in [6, 6.07) is 18.6. The van der Waals surface area contributed by atoms with Crippen molar-refractivity contribution >= 4 is 56.7 Å². The number of para-hydroxylation sites is 1. The zero-order valence-corrected chi connectivity index (χ0v) is 27.0. The van der Waals surface area contributed by atoms with Crippen LogP contribution < -0.4 is 14.5 Å². The average molecular weight is 684 g/mol. The minimum Gasteiger partial charge on any atom is -0.503 e. The molecule has 3 aromatic carbocycles. The molecule has 0 aromatic heterocycles. The molecular weight excluding hydrogens is 652 g/mol. The van der Waals surface area contributed by atoms with Crippen LogP contribution in [-0.4, -0.2) is 41.6 Å². The van der Waals surface area contributed by atoms with Gasteiger partial charge in [0.2, 0.25) is 23.6 Å². The third-order valence-corrected chi connectivity index (χ3v) is 11.0. The number of aromatic hydroxyl groups is 1. The number of ether oxygens (including phenoxy) is 1. The number of methoxy groups -OCH3 is 1. The summed E-state index contributed by atoms with van der Waals surface area (Å²) < 4.78 is 5.84. The third-order valence-electron chi connectivity index (χ3n) is 10.4. The molecule has 10 heteroatoms. The van der Waals surface area contributed by atoms with Crippen LogP contribution in [0.5, 0.6) is 11.5 Å². The molecule has 7 rings (SSSR count). The number of imide groups is 2. The molecule has 3 fully saturated rings. The van der Waals surface area contributed by atoms with Crippen molar-refractivity contribution in [2.75, 3.05) is 16.9 Å². The molecule has 2 saturated heterocycles. The fourth-order valence-electron chi connectivity index (χ4n) is 8.23. The van der Waals surface area contributed by atoms with Gasteiger partial charge in [0.05, 0.1) is 46.1 Å². The molecule has 0 spiro atoms. The topological polar surface area (TPSA) is 121 Å². The van der Waals surface area contributed by atoms with Crippen molar-refractivity contribution < 1.29 is 33.8 Å². The second-order valence-electron chi connectivity index (χ2n) is 12.7. The quantitative estimate of drug-likeness (QED) is 0.205. The van der Waals surface area contributed by atoms with E-state index >= 15 is 0 Å². The highest BCUT2D eigenvalue weighted by atomic mass is 79.9. The van der Waals surface area contributed by atoms with Crippen molar-refractivity contribution in [2.45, 2.75) is 32.6 Å². The van der Waals surface area contributed by atoms with Crippen LogP contribution in [0.3, 0.4) is 0 Å². The molecule has 0 bridgehead atoms. The maximum Gasteiger partial charge on any atom is 0.241 e. The van der Waals surface area contributed by atoms with E-state index in [0.717, 1.165) is 5.57 Å². The van der Waals surface area contributed by atoms with Gasteiger partial charge >= 0.3 is 0 Å². The van der Waals surface area contributed by atoms with Crippen molar-refractivity contribution in [1.82, 2.24) is 0 Å². The summed E-state index contributed by atoms with van der Waals surface area (Å²) in [7, 11) is 1.44. The van der Waals surface area contributed by atoms with Crippen molar-refractivity contribution in [3.8, 4) is 11.5 Å². The SMILES string of the molecule is COc1cc(C2C3=CCC4C(=O)N(c5ccc(C(C)=O)cc5)C(=O)C4C3CC3C(=O)N(c4ccccc4)C(=O)C32C)cc(Br)c1O. The monoisotopic (exact) mass is 682 g/mol. The summed E-state index contributed by atoms with van der Waals surface area (Å²) >= 11 is 3.43. The summed E-state index contributed by atoms with van der Waals surface area (Å²) in [4.78, 5) is 71.2. The Hall–Kier alpha value is -4.57. The lowest BCUT2D eigenvalue weighted by atomic mass is 9.51. The van der Waals surface area contributed by atoms with Crippen LogP contribution >= 0.6 is 15.9 Å². The van der Waals surface area contributed by atoms with E-state index in [1.807, 2.05) is 19.1 Å². The molecule has 2 aliphatic heterocycles. The molecular formula is C36H31BrN2O7. The number of phenolic OH excluding ortho intramolecular Hbond substituents is 1. The number of fused-ring (bicyclic) bond motifs is 4. The number of rotatable bonds is 5. The number of halogens is 1. The lowest BCUT2D eigenvalue weighted by molar-refractivity contribution is -0.131. The van der Waals surface area contributed by atoms with Gasteiger partial charge in [-0.3, -0.25) is 28.9 Å². The summed E-state index contributed by atoms with van der Waals surface area (Å²) in [6.07, 6.45) is 2.49. The number of benzene rings is 3. The number of allylic oxidation sites excluding steroid dienone is 2. The van der Waals surface area contributed by atoms with Gasteiger partial charge in [-0.2, -0.15) is 0 Å². The Balaban J connectivity index is 1.37. The number of nitrogens with zero attached hydrogens (tertiary/aromatic N) is 2. The fourth-order valence-corrected chi connectivity index (χ4v) is 8.69. The summed E-state index contributed by atoms with van der Waals surface area (Å²) in [5, 5.41) is 10.6. The molecule has 3 aromatic rings. The predicted octanol–water partition coefficient (Wildman–Crippen LogP) is 5.80. The predicted molar refractivity (Wildman–Crippen MR) is 172 cm³/mol. The highest BCUT2D eigenvalue weighted by Crippen LogP contribution is 2.64. The molecule has 2 heterocycles. The number of carbonyl (C=O) groups is 5. The summed E-state index contributed by atoms with van der Waals surface area (Å²) in [5.74, 6) is -4.67. The molecule has 9 nitrogen and oxygen atoms in total. The van der Waals surface area contributed by atoms with Gasteiger partial charge in [0.1, 0.15) is 0 Å². The van der Waals surface area contributed by atoms with Gasteiger partial charge in [-0.15, -0.1) is 0 Å². The molecule has 6 unspecified atom stereocenters. The Morgan fingerprint density at radius 3 is 2.24 bits per heavy atom. The first-order chi connectivity index (χ1) is 22.0. The van der Waals surface area contributed by atoms with E-state index in [1.165, 1.54) is 23.8 Å². The Kier molecular flexibility index (Phi) is 7.04. The molecule has 234 valence electrons. The number of Topliss-reactive ketones (excluding diaryl/α,β-unsaturated/α-hetero) is 1. The summed E-state index contributed by atoms with van der Waals surface area (Å²) in [6.45, 7) is 3.26. The van der Waals surface area contributed by atoms with Gasteiger partial charge < -0.3 is 9.84 Å². The second kappa shape index (κ2) is 10.8. The molecule has 1 N–H and O–H groups in total. The minimum atomic E-state index is -1.22. The van der Waals surface area contributed by atoms with E-state index in [-0.39, 0.29) is 47.3 Å². The smallest absolute Gasteiger partial charge is 0.241 e. The van der Waals surface area contributed by atoms with Crippen molar-refractivity contribution in [3.05, 3.63) is 94.0 Å². The first-order valence-electron chi connectivity index (χ1n) is 15.2. The number of anilines is 2. The Bertz CT molecular complexity index is 1870. The normalized spacial score (nSPS) is 28.5. The van der Waals surface area contributed by atoms with Gasteiger partial charge in [0.15, 0.2) is 17.3 Å². The van der Waals surface area contributed by atoms with Gasteiger partial charge in [-0.1, -0.05) is 29.8 Å². The maximum absolute atomic E-state index is 14.5. The first-order valence-corrected chi connectivity index (χ1v) is 16.0. The zero-order valence-electron chi connectivity index (χ0n) is 25.4. The molecule has 4 amide bonds. The zero-order chi connectivity index (χ0) is 32.7. The van der Waals surface area contributed by atoms with Gasteiger partial charge in [0.25, 0.3) is 0 Å². The van der Waals surface area contributed by atoms with Crippen molar-refractivity contribution in [2.24, 2.45) is 29.1 Å². The summed E-state index contributed by atoms with van der Waals surface area (Å²) in [5.41, 5.74) is 1.58. The number of carbonyl (C=O) groups excluding carboxylic acids is 5. The second-order valence-corrected chi connectivity index (χ2v) is 13.5. The van der Waals surface area contributed by atoms with E-state index in [4.69, 9.17) is 4.74 Å². The molecule has 0 radical (unpaired) electrons. The average Bonchev–Trinajstić information content (AvgIpc) is 3.42. The van der Waals surface area contributed by atoms with E-state index in [1.54, 1.807) is 60.7 Å². The van der Waals surface area contributed by atoms with Gasteiger partial charge in [-0.25, -0.2) is 4.90 Å². The Labute approximate surface area is 274 Å². The van der Waals surface area contributed by atoms with Gasteiger partial charge in [-0.05, 0) is 103 Å². The molecule has 2 aliphatic carbocycles. The van der Waals surface area contributed by atoms with Crippen molar-refractivity contribution in [3.63, 3.8) is 0 Å². The molecule has 1 saturated carbocycles. The van der Waals surface area contributed by atoms with Crippen molar-refractivity contribution in [1.29, 1.82) is 0 Å². The standard InChI is InChI=1S/C36H31BrN2O7/c1-18(40)19-9-11-22(12-10-19)38-32(42)24-14-13-23-25(29(24)34(38)44)17-26-33(43)39(21-7-5-4-6-8-21)35(45)36(26,2)30(23)20-15-27(37)31(41)28(16-20)46-3/h4-13,15-16,24-26,29-30,41H,14,17H2,1-3H3. The fraction of sp³-hybridized carbons (Fsp3) is 0.306. The minimum absolute atomic E-state index is 0.0965. The number of amides is 4. The van der Waals surface area contributed by atoms with Crippen LogP contribution in [-0.2, 0) is 19.2 Å². The lowest BCUT2D eigenvalue weighted by Gasteiger charge is -2.49. The highest BCUT2D eigenvalue weighted by Gasteiger charge is 2.67. The van der Waals surface area contributed by atoms with Crippen LogP contribution in [0.25, 0.3) is 0 Å².